The zero-order valence-electron chi connectivity index (χ0n) is 10.5. The minimum absolute atomic E-state index is 0.495. The third-order valence-electron chi connectivity index (χ3n) is 3.54. The Morgan fingerprint density at radius 1 is 1.50 bits per heavy atom. The SMILES string of the molecule is Cc1ccc2c(c1)nc(CCl)n2C1CCCSC1. The molecule has 1 aliphatic heterocycles. The van der Waals surface area contributed by atoms with Crippen LogP contribution in [0.25, 0.3) is 11.0 Å². The van der Waals surface area contributed by atoms with Crippen LogP contribution in [0, 0.1) is 6.92 Å². The number of hydrogen-bond acceptors (Lipinski definition) is 2. The summed E-state index contributed by atoms with van der Waals surface area (Å²) in [6.45, 7) is 2.11. The first-order valence-corrected chi connectivity index (χ1v) is 8.09. The van der Waals surface area contributed by atoms with Gasteiger partial charge < -0.3 is 4.57 Å². The number of imidazole rings is 1. The lowest BCUT2D eigenvalue weighted by Gasteiger charge is -2.24. The van der Waals surface area contributed by atoms with E-state index in [-0.39, 0.29) is 0 Å². The van der Waals surface area contributed by atoms with E-state index < -0.39 is 0 Å². The normalized spacial score (nSPS) is 20.4. The topological polar surface area (TPSA) is 17.8 Å². The summed E-state index contributed by atoms with van der Waals surface area (Å²) in [4.78, 5) is 4.69. The Balaban J connectivity index is 2.12. The van der Waals surface area contributed by atoms with Crippen LogP contribution in [0.15, 0.2) is 18.2 Å². The van der Waals surface area contributed by atoms with Gasteiger partial charge in [-0.05, 0) is 43.2 Å². The highest BCUT2D eigenvalue weighted by atomic mass is 35.5. The molecule has 2 aromatic rings. The molecule has 1 saturated heterocycles. The van der Waals surface area contributed by atoms with Crippen molar-refractivity contribution in [1.29, 1.82) is 0 Å². The van der Waals surface area contributed by atoms with Crippen LogP contribution in [0.1, 0.15) is 30.3 Å². The lowest BCUT2D eigenvalue weighted by atomic mass is 10.1. The lowest BCUT2D eigenvalue weighted by Crippen LogP contribution is -2.17. The Kier molecular flexibility index (Phi) is 3.53. The zero-order valence-corrected chi connectivity index (χ0v) is 12.1. The maximum Gasteiger partial charge on any atom is 0.125 e. The summed E-state index contributed by atoms with van der Waals surface area (Å²) in [6, 6.07) is 7.06. The highest BCUT2D eigenvalue weighted by molar-refractivity contribution is 7.99. The first kappa shape index (κ1) is 12.4. The minimum Gasteiger partial charge on any atom is -0.323 e. The van der Waals surface area contributed by atoms with Crippen LogP contribution in [0.2, 0.25) is 0 Å². The Morgan fingerprint density at radius 2 is 2.39 bits per heavy atom. The van der Waals surface area contributed by atoms with E-state index >= 15 is 0 Å². The number of halogens is 1. The number of aryl methyl sites for hydroxylation is 1. The zero-order chi connectivity index (χ0) is 12.5. The molecule has 1 aromatic carbocycles. The molecular formula is C14H17ClN2S. The quantitative estimate of drug-likeness (QED) is 0.769. The fourth-order valence-electron chi connectivity index (χ4n) is 2.69. The first-order valence-electron chi connectivity index (χ1n) is 6.41. The Bertz CT molecular complexity index is 558. The molecule has 0 amide bonds. The molecule has 0 radical (unpaired) electrons. The number of hydrogen-bond donors (Lipinski definition) is 0. The molecule has 0 saturated carbocycles. The van der Waals surface area contributed by atoms with E-state index in [2.05, 4.69) is 34.7 Å². The second kappa shape index (κ2) is 5.14. The van der Waals surface area contributed by atoms with Gasteiger partial charge in [0.25, 0.3) is 0 Å². The van der Waals surface area contributed by atoms with Gasteiger partial charge in [-0.1, -0.05) is 6.07 Å². The van der Waals surface area contributed by atoms with Crippen LogP contribution in [-0.4, -0.2) is 21.1 Å². The second-order valence-electron chi connectivity index (χ2n) is 4.89. The fraction of sp³-hybridized carbons (Fsp3) is 0.500. The third kappa shape index (κ3) is 2.14. The molecule has 0 bridgehead atoms. The summed E-state index contributed by atoms with van der Waals surface area (Å²) in [7, 11) is 0. The largest absolute Gasteiger partial charge is 0.323 e. The van der Waals surface area contributed by atoms with Crippen molar-refractivity contribution >= 4 is 34.4 Å². The molecule has 0 N–H and O–H groups in total. The van der Waals surface area contributed by atoms with Gasteiger partial charge in [0, 0.05) is 11.8 Å². The van der Waals surface area contributed by atoms with Crippen molar-refractivity contribution < 1.29 is 0 Å². The van der Waals surface area contributed by atoms with Gasteiger partial charge in [0.2, 0.25) is 0 Å². The van der Waals surface area contributed by atoms with Gasteiger partial charge in [0.1, 0.15) is 5.82 Å². The van der Waals surface area contributed by atoms with Gasteiger partial charge in [0.05, 0.1) is 16.9 Å². The van der Waals surface area contributed by atoms with Gasteiger partial charge >= 0.3 is 0 Å². The highest BCUT2D eigenvalue weighted by Crippen LogP contribution is 2.32. The van der Waals surface area contributed by atoms with Gasteiger partial charge in [0.15, 0.2) is 0 Å². The summed E-state index contributed by atoms with van der Waals surface area (Å²) in [5.41, 5.74) is 3.58. The van der Waals surface area contributed by atoms with Gasteiger partial charge in [-0.3, -0.25) is 0 Å². The average molecular weight is 281 g/mol. The fourth-order valence-corrected chi connectivity index (χ4v) is 4.00. The molecule has 3 rings (SSSR count). The molecule has 4 heteroatoms. The lowest BCUT2D eigenvalue weighted by molar-refractivity contribution is 0.499. The molecule has 0 spiro atoms. The van der Waals surface area contributed by atoms with Crippen molar-refractivity contribution in [2.45, 2.75) is 31.7 Å². The molecule has 1 aliphatic rings. The number of fused-ring (bicyclic) bond motifs is 1. The predicted octanol–water partition coefficient (Wildman–Crippen LogP) is 4.15. The van der Waals surface area contributed by atoms with Crippen molar-refractivity contribution in [2.24, 2.45) is 0 Å². The van der Waals surface area contributed by atoms with E-state index in [1.165, 1.54) is 35.4 Å². The summed E-state index contributed by atoms with van der Waals surface area (Å²) in [6.07, 6.45) is 2.54. The summed E-state index contributed by atoms with van der Waals surface area (Å²) < 4.78 is 2.37. The molecule has 0 aliphatic carbocycles. The molecule has 1 unspecified atom stereocenters. The van der Waals surface area contributed by atoms with Crippen LogP contribution >= 0.6 is 23.4 Å². The van der Waals surface area contributed by atoms with Crippen LogP contribution in [-0.2, 0) is 5.88 Å². The number of aromatic nitrogens is 2. The molecule has 1 aromatic heterocycles. The second-order valence-corrected chi connectivity index (χ2v) is 6.31. The van der Waals surface area contributed by atoms with Crippen molar-refractivity contribution in [3.8, 4) is 0 Å². The summed E-state index contributed by atoms with van der Waals surface area (Å²) >= 11 is 8.11. The monoisotopic (exact) mass is 280 g/mol. The van der Waals surface area contributed by atoms with E-state index in [1.807, 2.05) is 11.8 Å². The number of nitrogens with zero attached hydrogens (tertiary/aromatic N) is 2. The van der Waals surface area contributed by atoms with E-state index in [0.29, 0.717) is 11.9 Å². The van der Waals surface area contributed by atoms with Crippen LogP contribution < -0.4 is 0 Å². The predicted molar refractivity (Wildman–Crippen MR) is 79.6 cm³/mol. The Hall–Kier alpha value is -0.670. The third-order valence-corrected chi connectivity index (χ3v) is 4.98. The molecule has 1 atom stereocenters. The van der Waals surface area contributed by atoms with E-state index in [0.717, 1.165) is 11.3 Å². The molecule has 2 nitrogen and oxygen atoms in total. The smallest absolute Gasteiger partial charge is 0.125 e. The van der Waals surface area contributed by atoms with Gasteiger partial charge in [-0.2, -0.15) is 11.8 Å². The van der Waals surface area contributed by atoms with E-state index in [9.17, 15) is 0 Å². The average Bonchev–Trinajstić information content (AvgIpc) is 2.77. The van der Waals surface area contributed by atoms with E-state index in [4.69, 9.17) is 11.6 Å². The number of alkyl halides is 1. The number of benzene rings is 1. The standard InChI is InChI=1S/C14H17ClN2S/c1-10-4-5-13-12(7-10)16-14(8-15)17(13)11-3-2-6-18-9-11/h4-5,7,11H,2-3,6,8-9H2,1H3. The highest BCUT2D eigenvalue weighted by Gasteiger charge is 2.21. The maximum absolute atomic E-state index is 6.07. The number of rotatable bonds is 2. The summed E-state index contributed by atoms with van der Waals surface area (Å²) in [5.74, 6) is 3.99. The van der Waals surface area contributed by atoms with Gasteiger partial charge in [-0.25, -0.2) is 4.98 Å². The number of thioether (sulfide) groups is 1. The molecule has 2 heterocycles. The van der Waals surface area contributed by atoms with Gasteiger partial charge in [-0.15, -0.1) is 11.6 Å². The maximum atomic E-state index is 6.07. The van der Waals surface area contributed by atoms with Crippen molar-refractivity contribution in [3.05, 3.63) is 29.6 Å². The Morgan fingerprint density at radius 3 is 3.11 bits per heavy atom. The van der Waals surface area contributed by atoms with E-state index in [1.54, 1.807) is 0 Å². The van der Waals surface area contributed by atoms with Crippen LogP contribution in [0.5, 0.6) is 0 Å². The first-order chi connectivity index (χ1) is 8.79. The van der Waals surface area contributed by atoms with Crippen molar-refractivity contribution in [3.63, 3.8) is 0 Å². The van der Waals surface area contributed by atoms with Crippen molar-refractivity contribution in [2.75, 3.05) is 11.5 Å². The molecule has 96 valence electrons. The minimum atomic E-state index is 0.495. The molecular weight excluding hydrogens is 264 g/mol. The summed E-state index contributed by atoms with van der Waals surface area (Å²) in [5, 5.41) is 0. The molecule has 1 fully saturated rings. The van der Waals surface area contributed by atoms with Crippen LogP contribution in [0.3, 0.4) is 0 Å². The molecule has 18 heavy (non-hydrogen) atoms. The van der Waals surface area contributed by atoms with Crippen LogP contribution in [0.4, 0.5) is 0 Å². The van der Waals surface area contributed by atoms with Crippen molar-refractivity contribution in [1.82, 2.24) is 9.55 Å². The Labute approximate surface area is 117 Å².